The molecule has 20 heavy (non-hydrogen) atoms. The molecule has 0 aliphatic heterocycles. The minimum Gasteiger partial charge on any atom is -0.328 e. The van der Waals surface area contributed by atoms with E-state index < -0.39 is 4.92 Å². The molecule has 0 aliphatic rings. The molecule has 100 valence electrons. The number of nitrogens with zero attached hydrogens (tertiary/aromatic N) is 4. The Morgan fingerprint density at radius 3 is 2.80 bits per heavy atom. The third-order valence-corrected chi connectivity index (χ3v) is 3.28. The van der Waals surface area contributed by atoms with Crippen LogP contribution < -0.4 is 4.90 Å². The molecule has 1 heterocycles. The molecular weight excluding hydrogens is 324 g/mol. The van der Waals surface area contributed by atoms with Crippen molar-refractivity contribution < 1.29 is 4.92 Å². The lowest BCUT2D eigenvalue weighted by molar-refractivity contribution is -0.385. The summed E-state index contributed by atoms with van der Waals surface area (Å²) in [6.45, 7) is 0. The summed E-state index contributed by atoms with van der Waals surface area (Å²) in [5, 5.41) is 19.6. The van der Waals surface area contributed by atoms with E-state index in [1.165, 1.54) is 12.3 Å². The van der Waals surface area contributed by atoms with Gasteiger partial charge in [0.15, 0.2) is 0 Å². The predicted molar refractivity (Wildman–Crippen MR) is 77.8 cm³/mol. The van der Waals surface area contributed by atoms with Gasteiger partial charge in [-0.05, 0) is 34.1 Å². The molecule has 7 heteroatoms. The van der Waals surface area contributed by atoms with E-state index in [0.29, 0.717) is 15.9 Å². The summed E-state index contributed by atoms with van der Waals surface area (Å²) in [4.78, 5) is 16.0. The first kappa shape index (κ1) is 14.0. The van der Waals surface area contributed by atoms with Crippen molar-refractivity contribution in [3.05, 3.63) is 56.7 Å². The largest absolute Gasteiger partial charge is 0.328 e. The van der Waals surface area contributed by atoms with Gasteiger partial charge in [-0.2, -0.15) is 5.26 Å². The zero-order chi connectivity index (χ0) is 14.7. The summed E-state index contributed by atoms with van der Waals surface area (Å²) in [5.74, 6) is 0.533. The lowest BCUT2D eigenvalue weighted by Crippen LogP contribution is -2.12. The molecule has 0 radical (unpaired) electrons. The fraction of sp³-hybridized carbons (Fsp3) is 0.0769. The number of anilines is 2. The first-order valence-corrected chi connectivity index (χ1v) is 6.36. The number of pyridine rings is 1. The second-order valence-electron chi connectivity index (χ2n) is 3.98. The maximum Gasteiger partial charge on any atom is 0.288 e. The number of nitriles is 1. The van der Waals surface area contributed by atoms with E-state index in [2.05, 4.69) is 27.0 Å². The minimum absolute atomic E-state index is 0.0835. The Hall–Kier alpha value is -2.46. The Bertz CT molecular complexity index is 712. The molecule has 0 saturated heterocycles. The maximum absolute atomic E-state index is 10.7. The molecule has 0 aliphatic carbocycles. The number of aromatic nitrogens is 1. The lowest BCUT2D eigenvalue weighted by atomic mass is 10.2. The molecule has 2 rings (SSSR count). The van der Waals surface area contributed by atoms with Crippen molar-refractivity contribution in [2.75, 3.05) is 11.9 Å². The van der Waals surface area contributed by atoms with E-state index in [1.54, 1.807) is 30.1 Å². The third-order valence-electron chi connectivity index (χ3n) is 2.70. The Kier molecular flexibility index (Phi) is 3.96. The zero-order valence-corrected chi connectivity index (χ0v) is 12.0. The van der Waals surface area contributed by atoms with Crippen LogP contribution in [-0.2, 0) is 0 Å². The summed E-state index contributed by atoms with van der Waals surface area (Å²) in [7, 11) is 1.77. The Balaban J connectivity index is 2.40. The normalized spacial score (nSPS) is 9.85. The van der Waals surface area contributed by atoms with Gasteiger partial charge in [-0.15, -0.1) is 0 Å². The third kappa shape index (κ3) is 2.75. The summed E-state index contributed by atoms with van der Waals surface area (Å²) < 4.78 is 0.511. The van der Waals surface area contributed by atoms with Crippen molar-refractivity contribution in [1.82, 2.24) is 4.98 Å². The minimum atomic E-state index is -0.502. The van der Waals surface area contributed by atoms with Crippen molar-refractivity contribution in [2.45, 2.75) is 0 Å². The number of nitro groups is 1. The number of hydrogen-bond acceptors (Lipinski definition) is 5. The van der Waals surface area contributed by atoms with E-state index >= 15 is 0 Å². The number of rotatable bonds is 3. The monoisotopic (exact) mass is 332 g/mol. The molecule has 0 fully saturated rings. The van der Waals surface area contributed by atoms with Gasteiger partial charge in [0.2, 0.25) is 0 Å². The SMILES string of the molecule is CN(c1cccc(C#N)c1)c1ncc([N+](=O)[O-])cc1Br. The van der Waals surface area contributed by atoms with Crippen molar-refractivity contribution in [1.29, 1.82) is 5.26 Å². The van der Waals surface area contributed by atoms with Crippen LogP contribution in [0.15, 0.2) is 41.0 Å². The lowest BCUT2D eigenvalue weighted by Gasteiger charge is -2.19. The number of halogens is 1. The van der Waals surface area contributed by atoms with Gasteiger partial charge in [-0.3, -0.25) is 10.1 Å². The molecule has 0 spiro atoms. The zero-order valence-electron chi connectivity index (χ0n) is 10.4. The van der Waals surface area contributed by atoms with Gasteiger partial charge in [-0.1, -0.05) is 6.07 Å². The van der Waals surface area contributed by atoms with E-state index in [9.17, 15) is 10.1 Å². The van der Waals surface area contributed by atoms with Crippen LogP contribution in [0.4, 0.5) is 17.2 Å². The second kappa shape index (κ2) is 5.67. The molecule has 0 unspecified atom stereocenters. The predicted octanol–water partition coefficient (Wildman–Crippen LogP) is 3.39. The van der Waals surface area contributed by atoms with Gasteiger partial charge in [-0.25, -0.2) is 4.98 Å². The standard InChI is InChI=1S/C13H9BrN4O2/c1-17(10-4-2-3-9(5-10)7-15)13-12(14)6-11(8-16-13)18(19)20/h2-6,8H,1H3. The van der Waals surface area contributed by atoms with Crippen molar-refractivity contribution in [3.63, 3.8) is 0 Å². The molecule has 2 aromatic rings. The molecule has 0 bridgehead atoms. The molecule has 0 saturated carbocycles. The number of benzene rings is 1. The highest BCUT2D eigenvalue weighted by Crippen LogP contribution is 2.31. The average molecular weight is 333 g/mol. The van der Waals surface area contributed by atoms with Crippen molar-refractivity contribution >= 4 is 33.1 Å². The Labute approximate surface area is 123 Å². The fourth-order valence-electron chi connectivity index (χ4n) is 1.67. The highest BCUT2D eigenvalue weighted by atomic mass is 79.9. The van der Waals surface area contributed by atoms with Crippen LogP contribution in [0.3, 0.4) is 0 Å². The van der Waals surface area contributed by atoms with Gasteiger partial charge in [0.25, 0.3) is 5.69 Å². The molecule has 0 N–H and O–H groups in total. The first-order chi connectivity index (χ1) is 9.52. The topological polar surface area (TPSA) is 83.1 Å². The summed E-state index contributed by atoms with van der Waals surface area (Å²) in [6.07, 6.45) is 1.20. The maximum atomic E-state index is 10.7. The van der Waals surface area contributed by atoms with Crippen molar-refractivity contribution in [2.24, 2.45) is 0 Å². The van der Waals surface area contributed by atoms with Crippen LogP contribution in [0, 0.1) is 21.4 Å². The van der Waals surface area contributed by atoms with Gasteiger partial charge in [0.05, 0.1) is 21.0 Å². The van der Waals surface area contributed by atoms with Gasteiger partial charge < -0.3 is 4.90 Å². The molecule has 1 aromatic carbocycles. The molecular formula is C13H9BrN4O2. The highest BCUT2D eigenvalue weighted by molar-refractivity contribution is 9.10. The molecule has 0 amide bonds. The summed E-state index contributed by atoms with van der Waals surface area (Å²) in [6, 6.07) is 10.5. The van der Waals surface area contributed by atoms with Crippen LogP contribution in [0.25, 0.3) is 0 Å². The number of hydrogen-bond donors (Lipinski definition) is 0. The van der Waals surface area contributed by atoms with E-state index in [4.69, 9.17) is 5.26 Å². The Morgan fingerprint density at radius 2 is 2.20 bits per heavy atom. The smallest absolute Gasteiger partial charge is 0.288 e. The van der Waals surface area contributed by atoms with Gasteiger partial charge in [0.1, 0.15) is 12.0 Å². The van der Waals surface area contributed by atoms with Crippen molar-refractivity contribution in [3.8, 4) is 6.07 Å². The van der Waals surface area contributed by atoms with Crippen LogP contribution in [0.1, 0.15) is 5.56 Å². The first-order valence-electron chi connectivity index (χ1n) is 5.56. The van der Waals surface area contributed by atoms with E-state index in [1.807, 2.05) is 6.07 Å². The van der Waals surface area contributed by atoms with Crippen LogP contribution in [-0.4, -0.2) is 17.0 Å². The van der Waals surface area contributed by atoms with E-state index in [-0.39, 0.29) is 5.69 Å². The van der Waals surface area contributed by atoms with Crippen LogP contribution in [0.5, 0.6) is 0 Å². The van der Waals surface area contributed by atoms with Gasteiger partial charge in [0, 0.05) is 18.8 Å². The molecule has 1 aromatic heterocycles. The summed E-state index contributed by atoms with van der Waals surface area (Å²) >= 11 is 3.28. The van der Waals surface area contributed by atoms with E-state index in [0.717, 1.165) is 5.69 Å². The Morgan fingerprint density at radius 1 is 1.45 bits per heavy atom. The molecule has 6 nitrogen and oxygen atoms in total. The van der Waals surface area contributed by atoms with Gasteiger partial charge >= 0.3 is 0 Å². The second-order valence-corrected chi connectivity index (χ2v) is 4.83. The summed E-state index contributed by atoms with van der Waals surface area (Å²) in [5.41, 5.74) is 1.22. The average Bonchev–Trinajstić information content (AvgIpc) is 2.46. The molecule has 0 atom stereocenters. The van der Waals surface area contributed by atoms with Crippen LogP contribution in [0.2, 0.25) is 0 Å². The fourth-order valence-corrected chi connectivity index (χ4v) is 2.28. The highest BCUT2D eigenvalue weighted by Gasteiger charge is 2.14. The quantitative estimate of drug-likeness (QED) is 0.635. The van der Waals surface area contributed by atoms with Crippen LogP contribution >= 0.6 is 15.9 Å².